The Bertz CT molecular complexity index is 730. The van der Waals surface area contributed by atoms with Gasteiger partial charge in [-0.15, -0.1) is 0 Å². The van der Waals surface area contributed by atoms with Crippen molar-refractivity contribution in [1.82, 2.24) is 0 Å². The van der Waals surface area contributed by atoms with Crippen LogP contribution in [0, 0.1) is 36.0 Å². The molecule has 2 aromatic carbocycles. The van der Waals surface area contributed by atoms with Gasteiger partial charge in [0, 0.05) is 6.07 Å². The lowest BCUT2D eigenvalue weighted by Gasteiger charge is -2.15. The molecule has 0 heterocycles. The first-order valence-corrected chi connectivity index (χ1v) is 5.96. The molecule has 0 fully saturated rings. The Hall–Kier alpha value is -2.05. The summed E-state index contributed by atoms with van der Waals surface area (Å²) in [6.07, 6.45) is 0. The van der Waals surface area contributed by atoms with Crippen molar-refractivity contribution >= 4 is 13.3 Å². The van der Waals surface area contributed by atoms with E-state index in [4.69, 9.17) is 4.74 Å². The maximum atomic E-state index is 14.0. The summed E-state index contributed by atoms with van der Waals surface area (Å²) in [6.45, 7) is 1.18. The molecule has 0 aliphatic rings. The van der Waals surface area contributed by atoms with Crippen molar-refractivity contribution in [3.05, 3.63) is 46.8 Å². The van der Waals surface area contributed by atoms with Crippen LogP contribution in [0.4, 0.5) is 22.0 Å². The molecule has 0 aliphatic carbocycles. The molecule has 2 rings (SSSR count). The first-order chi connectivity index (χ1) is 9.79. The molecule has 0 aliphatic heterocycles. The summed E-state index contributed by atoms with van der Waals surface area (Å²) in [5, 5.41) is 0. The number of hydrogen-bond donors (Lipinski definition) is 0. The molecule has 7 heteroatoms. The highest BCUT2D eigenvalue weighted by Gasteiger charge is 2.26. The average molecular weight is 300 g/mol. The number of hydrogen-bond acceptors (Lipinski definition) is 1. The van der Waals surface area contributed by atoms with Gasteiger partial charge in [-0.05, 0) is 24.0 Å². The number of methoxy groups -OCH3 is 1. The van der Waals surface area contributed by atoms with E-state index in [1.54, 1.807) is 0 Å². The molecule has 0 saturated heterocycles. The van der Waals surface area contributed by atoms with Gasteiger partial charge in [-0.2, -0.15) is 0 Å². The van der Waals surface area contributed by atoms with Crippen molar-refractivity contribution in [2.24, 2.45) is 0 Å². The van der Waals surface area contributed by atoms with Crippen LogP contribution in [0.15, 0.2) is 12.1 Å². The molecule has 1 nitrogen and oxygen atoms in total. The van der Waals surface area contributed by atoms with Gasteiger partial charge in [-0.1, -0.05) is 0 Å². The molecule has 0 atom stereocenters. The molecule has 0 N–H and O–H groups in total. The summed E-state index contributed by atoms with van der Waals surface area (Å²) in [4.78, 5) is 0. The topological polar surface area (TPSA) is 9.23 Å². The molecular weight excluding hydrogens is 290 g/mol. The van der Waals surface area contributed by atoms with Crippen molar-refractivity contribution in [3.63, 3.8) is 0 Å². The van der Waals surface area contributed by atoms with Crippen LogP contribution in [0.25, 0.3) is 11.1 Å². The van der Waals surface area contributed by atoms with E-state index in [0.717, 1.165) is 13.2 Å². The van der Waals surface area contributed by atoms with E-state index < -0.39 is 40.2 Å². The smallest absolute Gasteiger partial charge is 0.170 e. The lowest BCUT2D eigenvalue weighted by molar-refractivity contribution is 0.412. The van der Waals surface area contributed by atoms with Crippen LogP contribution < -0.4 is 10.2 Å². The normalized spacial score (nSPS) is 10.8. The van der Waals surface area contributed by atoms with Gasteiger partial charge in [0.2, 0.25) is 0 Å². The summed E-state index contributed by atoms with van der Waals surface area (Å²) in [5.74, 6) is -6.55. The number of rotatable bonds is 2. The SMILES string of the molecule is Bc1c(F)cc(F)c(-c2c(F)cc(C)c(F)c2F)c1OC. The van der Waals surface area contributed by atoms with Crippen LogP contribution in [-0.2, 0) is 0 Å². The minimum atomic E-state index is -1.55. The standard InChI is InChI=1S/C14H10BF5O/c1-5-3-6(16)9(13(20)12(5)19)10-7(17)4-8(18)11(15)14(10)21-2/h3-4H,15H2,1-2H3. The maximum Gasteiger partial charge on any atom is 0.170 e. The minimum absolute atomic E-state index is 0.131. The number of ether oxygens (including phenoxy) is 1. The zero-order valence-electron chi connectivity index (χ0n) is 11.5. The maximum absolute atomic E-state index is 14.0. The van der Waals surface area contributed by atoms with E-state index in [-0.39, 0.29) is 16.8 Å². The molecule has 110 valence electrons. The fraction of sp³-hybridized carbons (Fsp3) is 0.143. The fourth-order valence-electron chi connectivity index (χ4n) is 2.13. The van der Waals surface area contributed by atoms with Crippen LogP contribution in [0.5, 0.6) is 5.75 Å². The third kappa shape index (κ3) is 2.37. The second-order valence-electron chi connectivity index (χ2n) is 4.55. The molecular formula is C14H10BF5O. The van der Waals surface area contributed by atoms with Crippen molar-refractivity contribution < 1.29 is 26.7 Å². The number of halogens is 5. The third-order valence-corrected chi connectivity index (χ3v) is 3.21. The number of aryl methyl sites for hydroxylation is 1. The summed E-state index contributed by atoms with van der Waals surface area (Å²) < 4.78 is 73.9. The Morgan fingerprint density at radius 2 is 1.43 bits per heavy atom. The molecule has 0 bridgehead atoms. The largest absolute Gasteiger partial charge is 0.496 e. The molecule has 0 amide bonds. The van der Waals surface area contributed by atoms with Gasteiger partial charge in [0.1, 0.15) is 31.0 Å². The van der Waals surface area contributed by atoms with Gasteiger partial charge in [0.05, 0.1) is 18.2 Å². The van der Waals surface area contributed by atoms with Crippen LogP contribution >= 0.6 is 0 Å². The zero-order chi connectivity index (χ0) is 15.9. The van der Waals surface area contributed by atoms with Gasteiger partial charge < -0.3 is 4.74 Å². The predicted molar refractivity (Wildman–Crippen MR) is 71.1 cm³/mol. The Balaban J connectivity index is 2.92. The summed E-state index contributed by atoms with van der Waals surface area (Å²) >= 11 is 0. The van der Waals surface area contributed by atoms with Gasteiger partial charge in [0.25, 0.3) is 0 Å². The Kier molecular flexibility index (Phi) is 3.94. The van der Waals surface area contributed by atoms with Gasteiger partial charge in [-0.25, -0.2) is 22.0 Å². The van der Waals surface area contributed by atoms with E-state index in [0.29, 0.717) is 6.07 Å². The highest BCUT2D eigenvalue weighted by atomic mass is 19.2. The first kappa shape index (κ1) is 15.3. The van der Waals surface area contributed by atoms with Crippen molar-refractivity contribution in [1.29, 1.82) is 0 Å². The quantitative estimate of drug-likeness (QED) is 0.471. The molecule has 0 aromatic heterocycles. The lowest BCUT2D eigenvalue weighted by atomic mass is 9.88. The monoisotopic (exact) mass is 300 g/mol. The molecule has 0 spiro atoms. The Morgan fingerprint density at radius 3 is 2.00 bits per heavy atom. The van der Waals surface area contributed by atoms with E-state index in [1.807, 2.05) is 0 Å². The van der Waals surface area contributed by atoms with Gasteiger partial charge in [0.15, 0.2) is 11.6 Å². The number of benzene rings is 2. The molecule has 0 unspecified atom stereocenters. The second-order valence-corrected chi connectivity index (χ2v) is 4.55. The van der Waals surface area contributed by atoms with Crippen molar-refractivity contribution in [2.45, 2.75) is 6.92 Å². The highest BCUT2D eigenvalue weighted by molar-refractivity contribution is 6.35. The van der Waals surface area contributed by atoms with Crippen LogP contribution in [-0.4, -0.2) is 15.0 Å². The lowest BCUT2D eigenvalue weighted by Crippen LogP contribution is -2.16. The van der Waals surface area contributed by atoms with Crippen LogP contribution in [0.3, 0.4) is 0 Å². The average Bonchev–Trinajstić information content (AvgIpc) is 2.42. The summed E-state index contributed by atoms with van der Waals surface area (Å²) in [6, 6.07) is 1.22. The van der Waals surface area contributed by atoms with Crippen LogP contribution in [0.2, 0.25) is 0 Å². The van der Waals surface area contributed by atoms with Gasteiger partial charge in [-0.3, -0.25) is 0 Å². The third-order valence-electron chi connectivity index (χ3n) is 3.21. The van der Waals surface area contributed by atoms with Crippen molar-refractivity contribution in [3.8, 4) is 16.9 Å². The minimum Gasteiger partial charge on any atom is -0.496 e. The van der Waals surface area contributed by atoms with E-state index >= 15 is 0 Å². The first-order valence-electron chi connectivity index (χ1n) is 5.96. The molecule has 0 radical (unpaired) electrons. The fourth-order valence-corrected chi connectivity index (χ4v) is 2.13. The van der Waals surface area contributed by atoms with Crippen LogP contribution in [0.1, 0.15) is 5.56 Å². The summed E-state index contributed by atoms with van der Waals surface area (Å²) in [7, 11) is 2.36. The summed E-state index contributed by atoms with van der Waals surface area (Å²) in [5.41, 5.74) is -1.96. The molecule has 0 saturated carbocycles. The van der Waals surface area contributed by atoms with E-state index in [2.05, 4.69) is 0 Å². The predicted octanol–water partition coefficient (Wildman–Crippen LogP) is 2.62. The molecule has 2 aromatic rings. The Morgan fingerprint density at radius 1 is 0.857 bits per heavy atom. The molecule has 21 heavy (non-hydrogen) atoms. The van der Waals surface area contributed by atoms with Gasteiger partial charge >= 0.3 is 0 Å². The van der Waals surface area contributed by atoms with Crippen molar-refractivity contribution in [2.75, 3.05) is 7.11 Å². The van der Waals surface area contributed by atoms with E-state index in [1.165, 1.54) is 14.8 Å². The van der Waals surface area contributed by atoms with E-state index in [9.17, 15) is 22.0 Å². The highest BCUT2D eigenvalue weighted by Crippen LogP contribution is 2.37. The Labute approximate surface area is 118 Å². The zero-order valence-corrected chi connectivity index (χ0v) is 11.5. The second kappa shape index (κ2) is 5.39.